The molecule has 1 atom stereocenters. The molecule has 0 aliphatic heterocycles. The molecule has 0 aromatic heterocycles. The summed E-state index contributed by atoms with van der Waals surface area (Å²) in [5, 5.41) is 12.2. The number of ether oxygens (including phenoxy) is 2. The van der Waals surface area contributed by atoms with E-state index in [1.165, 1.54) is 32.0 Å². The largest absolute Gasteiger partial charge is 0.478 e. The molecule has 3 rings (SSSR count). The summed E-state index contributed by atoms with van der Waals surface area (Å²) in [5.41, 5.74) is 0.828. The number of carbonyl (C=O) groups excluding carboxylic acids is 1. The van der Waals surface area contributed by atoms with Gasteiger partial charge >= 0.3 is 5.97 Å². The molecular formula is C28H29F2NO5. The fourth-order valence-electron chi connectivity index (χ4n) is 3.54. The summed E-state index contributed by atoms with van der Waals surface area (Å²) in [4.78, 5) is 24.1. The van der Waals surface area contributed by atoms with Crippen molar-refractivity contribution in [3.63, 3.8) is 0 Å². The molecule has 8 heteroatoms. The molecule has 0 bridgehead atoms. The number of aryl methyl sites for hydroxylation is 2. The van der Waals surface area contributed by atoms with E-state index in [2.05, 4.69) is 5.32 Å². The molecule has 190 valence electrons. The van der Waals surface area contributed by atoms with Gasteiger partial charge in [-0.2, -0.15) is 0 Å². The quantitative estimate of drug-likeness (QED) is 0.341. The second-order valence-electron chi connectivity index (χ2n) is 9.09. The molecule has 3 aromatic rings. The van der Waals surface area contributed by atoms with Crippen LogP contribution < -0.4 is 14.8 Å². The first-order valence-corrected chi connectivity index (χ1v) is 11.4. The second kappa shape index (κ2) is 10.8. The molecule has 0 fully saturated rings. The van der Waals surface area contributed by atoms with Gasteiger partial charge in [0.15, 0.2) is 5.60 Å². The molecule has 0 aliphatic carbocycles. The molecule has 0 heterocycles. The highest BCUT2D eigenvalue weighted by Gasteiger charge is 2.30. The van der Waals surface area contributed by atoms with Crippen molar-refractivity contribution >= 4 is 11.9 Å². The Morgan fingerprint density at radius 1 is 0.917 bits per heavy atom. The summed E-state index contributed by atoms with van der Waals surface area (Å²) in [6, 6.07) is 15.9. The van der Waals surface area contributed by atoms with Crippen LogP contribution in [0.5, 0.6) is 17.2 Å². The van der Waals surface area contributed by atoms with Crippen LogP contribution in [0.1, 0.15) is 65.9 Å². The van der Waals surface area contributed by atoms with Crippen molar-refractivity contribution in [1.82, 2.24) is 5.32 Å². The lowest BCUT2D eigenvalue weighted by molar-refractivity contribution is -0.152. The highest BCUT2D eigenvalue weighted by molar-refractivity contribution is 5.96. The number of aliphatic carboxylic acids is 1. The van der Waals surface area contributed by atoms with Crippen LogP contribution in [-0.4, -0.2) is 22.6 Å². The Morgan fingerprint density at radius 3 is 2.22 bits per heavy atom. The van der Waals surface area contributed by atoms with Gasteiger partial charge < -0.3 is 19.9 Å². The van der Waals surface area contributed by atoms with E-state index in [0.29, 0.717) is 33.9 Å². The summed E-state index contributed by atoms with van der Waals surface area (Å²) in [5.74, 6) is 0.0986. The SMILES string of the molecule is Cc1cc(Oc2cccc(C(C)NC(=O)c3ccc(C(F)F)cc3C)c2)ccc1OC(C)(C)C(=O)O. The lowest BCUT2D eigenvalue weighted by atomic mass is 10.0. The van der Waals surface area contributed by atoms with Gasteiger partial charge in [0.1, 0.15) is 17.2 Å². The number of rotatable bonds is 9. The molecule has 1 amide bonds. The maximum Gasteiger partial charge on any atom is 0.347 e. The van der Waals surface area contributed by atoms with Crippen LogP contribution in [0.4, 0.5) is 8.78 Å². The molecule has 0 saturated heterocycles. The topological polar surface area (TPSA) is 84.9 Å². The number of hydrogen-bond donors (Lipinski definition) is 2. The monoisotopic (exact) mass is 497 g/mol. The van der Waals surface area contributed by atoms with Gasteiger partial charge in [-0.05, 0) is 93.8 Å². The number of alkyl halides is 2. The molecule has 6 nitrogen and oxygen atoms in total. The van der Waals surface area contributed by atoms with E-state index in [0.717, 1.165) is 5.56 Å². The van der Waals surface area contributed by atoms with Gasteiger partial charge in [0, 0.05) is 11.1 Å². The normalized spacial score (nSPS) is 12.2. The average Bonchev–Trinajstić information content (AvgIpc) is 2.80. The van der Waals surface area contributed by atoms with Gasteiger partial charge in [0.05, 0.1) is 6.04 Å². The van der Waals surface area contributed by atoms with E-state index in [1.807, 2.05) is 13.0 Å². The minimum atomic E-state index is -2.59. The fraction of sp³-hybridized carbons (Fsp3) is 0.286. The minimum absolute atomic E-state index is 0.123. The third-order valence-corrected chi connectivity index (χ3v) is 5.72. The summed E-state index contributed by atoms with van der Waals surface area (Å²) >= 11 is 0. The van der Waals surface area contributed by atoms with E-state index in [1.54, 1.807) is 50.2 Å². The predicted molar refractivity (Wildman–Crippen MR) is 132 cm³/mol. The van der Waals surface area contributed by atoms with Gasteiger partial charge in [-0.25, -0.2) is 13.6 Å². The number of hydrogen-bond acceptors (Lipinski definition) is 4. The van der Waals surface area contributed by atoms with Crippen LogP contribution in [0.15, 0.2) is 60.7 Å². The van der Waals surface area contributed by atoms with Crippen LogP contribution in [0.2, 0.25) is 0 Å². The number of carboxylic acid groups (broad SMARTS) is 1. The zero-order valence-corrected chi connectivity index (χ0v) is 20.8. The van der Waals surface area contributed by atoms with Crippen molar-refractivity contribution in [1.29, 1.82) is 0 Å². The molecule has 0 aliphatic rings. The first kappa shape index (κ1) is 26.7. The molecule has 0 saturated carbocycles. The number of nitrogens with one attached hydrogen (secondary N) is 1. The van der Waals surface area contributed by atoms with Crippen LogP contribution in [0.3, 0.4) is 0 Å². The standard InChI is InChI=1S/C28H29F2NO5/c1-16-13-20(25(29)30)9-11-23(16)26(32)31-18(3)19-7-6-8-21(15-19)35-22-10-12-24(17(2)14-22)36-28(4,5)27(33)34/h6-15,18,25H,1-5H3,(H,31,32)(H,33,34). The number of amides is 1. The molecule has 3 aromatic carbocycles. The van der Waals surface area contributed by atoms with Crippen LogP contribution in [-0.2, 0) is 4.79 Å². The number of carbonyl (C=O) groups is 2. The number of benzene rings is 3. The average molecular weight is 498 g/mol. The first-order valence-electron chi connectivity index (χ1n) is 11.4. The van der Waals surface area contributed by atoms with Gasteiger partial charge in [-0.3, -0.25) is 4.79 Å². The van der Waals surface area contributed by atoms with Crippen molar-refractivity contribution in [2.45, 2.75) is 52.7 Å². The molecule has 0 spiro atoms. The van der Waals surface area contributed by atoms with E-state index < -0.39 is 18.0 Å². The highest BCUT2D eigenvalue weighted by atomic mass is 19.3. The first-order chi connectivity index (χ1) is 16.9. The van der Waals surface area contributed by atoms with Crippen molar-refractivity contribution in [3.8, 4) is 17.2 Å². The van der Waals surface area contributed by atoms with Crippen LogP contribution in [0, 0.1) is 13.8 Å². The lowest BCUT2D eigenvalue weighted by Crippen LogP contribution is -2.38. The number of carboxylic acids is 1. The summed E-state index contributed by atoms with van der Waals surface area (Å²) in [7, 11) is 0. The maximum atomic E-state index is 12.9. The Labute approximate surface area is 208 Å². The zero-order chi connectivity index (χ0) is 26.6. The van der Waals surface area contributed by atoms with Gasteiger partial charge in [0.2, 0.25) is 0 Å². The van der Waals surface area contributed by atoms with E-state index in [-0.39, 0.29) is 17.5 Å². The highest BCUT2D eigenvalue weighted by Crippen LogP contribution is 2.31. The number of halogens is 2. The van der Waals surface area contributed by atoms with Crippen molar-refractivity contribution in [2.24, 2.45) is 0 Å². The molecule has 2 N–H and O–H groups in total. The van der Waals surface area contributed by atoms with Crippen molar-refractivity contribution in [3.05, 3.63) is 88.5 Å². The zero-order valence-electron chi connectivity index (χ0n) is 20.8. The Kier molecular flexibility index (Phi) is 7.97. The molecule has 36 heavy (non-hydrogen) atoms. The smallest absolute Gasteiger partial charge is 0.347 e. The lowest BCUT2D eigenvalue weighted by Gasteiger charge is -2.23. The molecule has 1 unspecified atom stereocenters. The Balaban J connectivity index is 1.70. The van der Waals surface area contributed by atoms with Crippen molar-refractivity contribution in [2.75, 3.05) is 0 Å². The Bertz CT molecular complexity index is 1270. The van der Waals surface area contributed by atoms with Gasteiger partial charge in [-0.1, -0.05) is 18.2 Å². The van der Waals surface area contributed by atoms with Crippen molar-refractivity contribution < 1.29 is 33.0 Å². The van der Waals surface area contributed by atoms with E-state index in [9.17, 15) is 23.5 Å². The summed E-state index contributed by atoms with van der Waals surface area (Å²) in [6.07, 6.45) is -2.59. The summed E-state index contributed by atoms with van der Waals surface area (Å²) in [6.45, 7) is 8.19. The van der Waals surface area contributed by atoms with Gasteiger partial charge in [-0.15, -0.1) is 0 Å². The second-order valence-corrected chi connectivity index (χ2v) is 9.09. The minimum Gasteiger partial charge on any atom is -0.478 e. The third kappa shape index (κ3) is 6.38. The van der Waals surface area contributed by atoms with Crippen LogP contribution >= 0.6 is 0 Å². The molecular weight excluding hydrogens is 468 g/mol. The van der Waals surface area contributed by atoms with E-state index in [4.69, 9.17) is 9.47 Å². The van der Waals surface area contributed by atoms with Crippen LogP contribution in [0.25, 0.3) is 0 Å². The maximum absolute atomic E-state index is 12.9. The molecule has 0 radical (unpaired) electrons. The van der Waals surface area contributed by atoms with Gasteiger partial charge in [0.25, 0.3) is 12.3 Å². The van der Waals surface area contributed by atoms with E-state index >= 15 is 0 Å². The Morgan fingerprint density at radius 2 is 1.61 bits per heavy atom. The fourth-order valence-corrected chi connectivity index (χ4v) is 3.54. The summed E-state index contributed by atoms with van der Waals surface area (Å²) < 4.78 is 37.4. The Hall–Kier alpha value is -3.94. The third-order valence-electron chi connectivity index (χ3n) is 5.72. The predicted octanol–water partition coefficient (Wildman–Crippen LogP) is 6.77.